The maximum atomic E-state index is 11.7. The SMILES string of the molecule is O=C1C=CC(=O)c2c(O)c(N3CC3)c(Cl)c(O)c21. The highest BCUT2D eigenvalue weighted by molar-refractivity contribution is 6.38. The Kier molecular flexibility index (Phi) is 2.15. The van der Waals surface area contributed by atoms with Gasteiger partial charge >= 0.3 is 0 Å². The number of aromatic hydroxyl groups is 2. The number of halogens is 1. The van der Waals surface area contributed by atoms with Gasteiger partial charge in [-0.15, -0.1) is 0 Å². The Morgan fingerprint density at radius 1 is 1.00 bits per heavy atom. The zero-order valence-electron chi connectivity index (χ0n) is 9.11. The number of nitrogens with zero attached hydrogens (tertiary/aromatic N) is 1. The van der Waals surface area contributed by atoms with Crippen LogP contribution < -0.4 is 4.90 Å². The van der Waals surface area contributed by atoms with E-state index in [0.717, 1.165) is 12.2 Å². The molecule has 5 nitrogen and oxygen atoms in total. The van der Waals surface area contributed by atoms with Crippen LogP contribution in [-0.4, -0.2) is 34.9 Å². The third-order valence-electron chi connectivity index (χ3n) is 3.01. The van der Waals surface area contributed by atoms with Crippen LogP contribution in [0.4, 0.5) is 5.69 Å². The number of hydrogen-bond donors (Lipinski definition) is 2. The number of allylic oxidation sites excluding steroid dienone is 2. The number of carbonyl (C=O) groups excluding carboxylic acids is 2. The molecule has 1 aliphatic carbocycles. The monoisotopic (exact) mass is 265 g/mol. The summed E-state index contributed by atoms with van der Waals surface area (Å²) in [6.07, 6.45) is 2.13. The summed E-state index contributed by atoms with van der Waals surface area (Å²) in [6, 6.07) is 0. The fraction of sp³-hybridized carbons (Fsp3) is 0.167. The molecule has 3 rings (SSSR count). The number of anilines is 1. The summed E-state index contributed by atoms with van der Waals surface area (Å²) in [5.74, 6) is -1.85. The number of fused-ring (bicyclic) bond motifs is 1. The molecule has 2 N–H and O–H groups in total. The first-order valence-corrected chi connectivity index (χ1v) is 5.69. The summed E-state index contributed by atoms with van der Waals surface area (Å²) >= 11 is 5.94. The number of carbonyl (C=O) groups is 2. The second kappa shape index (κ2) is 3.49. The van der Waals surface area contributed by atoms with Crippen molar-refractivity contribution >= 4 is 28.9 Å². The number of ketones is 2. The smallest absolute Gasteiger partial charge is 0.190 e. The van der Waals surface area contributed by atoms with Gasteiger partial charge < -0.3 is 15.1 Å². The van der Waals surface area contributed by atoms with E-state index in [9.17, 15) is 19.8 Å². The summed E-state index contributed by atoms with van der Waals surface area (Å²) in [5.41, 5.74) is -0.189. The van der Waals surface area contributed by atoms with Crippen LogP contribution in [0.2, 0.25) is 5.02 Å². The molecule has 18 heavy (non-hydrogen) atoms. The van der Waals surface area contributed by atoms with Crippen LogP contribution in [0.3, 0.4) is 0 Å². The maximum absolute atomic E-state index is 11.7. The summed E-state index contributed by atoms with van der Waals surface area (Å²) < 4.78 is 0. The van der Waals surface area contributed by atoms with E-state index in [2.05, 4.69) is 0 Å². The number of benzene rings is 1. The quantitative estimate of drug-likeness (QED) is 0.594. The van der Waals surface area contributed by atoms with Gasteiger partial charge in [0.05, 0.1) is 11.1 Å². The van der Waals surface area contributed by atoms with Crippen LogP contribution in [-0.2, 0) is 0 Å². The Hall–Kier alpha value is -2.01. The van der Waals surface area contributed by atoms with E-state index in [1.807, 2.05) is 0 Å². The lowest BCUT2D eigenvalue weighted by molar-refractivity contribution is 0.0989. The predicted molar refractivity (Wildman–Crippen MR) is 64.8 cm³/mol. The van der Waals surface area contributed by atoms with Crippen molar-refractivity contribution in [1.82, 2.24) is 0 Å². The van der Waals surface area contributed by atoms with Gasteiger partial charge in [0.15, 0.2) is 17.3 Å². The molecule has 0 unspecified atom stereocenters. The van der Waals surface area contributed by atoms with Crippen LogP contribution in [0.15, 0.2) is 12.2 Å². The molecular formula is C12H8ClNO4. The molecule has 1 aliphatic heterocycles. The Labute approximate surface area is 107 Å². The van der Waals surface area contributed by atoms with Crippen LogP contribution in [0, 0.1) is 0 Å². The fourth-order valence-electron chi connectivity index (χ4n) is 2.04. The highest BCUT2D eigenvalue weighted by Gasteiger charge is 2.35. The van der Waals surface area contributed by atoms with E-state index in [1.54, 1.807) is 4.90 Å². The maximum Gasteiger partial charge on any atom is 0.190 e. The van der Waals surface area contributed by atoms with Crippen molar-refractivity contribution in [2.24, 2.45) is 0 Å². The molecule has 1 fully saturated rings. The minimum Gasteiger partial charge on any atom is -0.505 e. The van der Waals surface area contributed by atoms with E-state index in [1.165, 1.54) is 0 Å². The van der Waals surface area contributed by atoms with E-state index in [-0.39, 0.29) is 27.6 Å². The first-order chi connectivity index (χ1) is 8.52. The lowest BCUT2D eigenvalue weighted by atomic mass is 9.92. The molecule has 1 aromatic rings. The van der Waals surface area contributed by atoms with Gasteiger partial charge in [-0.05, 0) is 12.2 Å². The van der Waals surface area contributed by atoms with Crippen molar-refractivity contribution in [3.63, 3.8) is 0 Å². The number of phenols is 2. The molecule has 0 bridgehead atoms. The molecule has 2 aliphatic rings. The molecule has 0 aromatic heterocycles. The van der Waals surface area contributed by atoms with Crippen molar-refractivity contribution in [2.75, 3.05) is 18.0 Å². The van der Waals surface area contributed by atoms with Gasteiger partial charge in [-0.3, -0.25) is 9.59 Å². The van der Waals surface area contributed by atoms with E-state index in [4.69, 9.17) is 11.6 Å². The van der Waals surface area contributed by atoms with Gasteiger partial charge in [-0.25, -0.2) is 0 Å². The van der Waals surface area contributed by atoms with Crippen molar-refractivity contribution in [3.8, 4) is 11.5 Å². The lowest BCUT2D eigenvalue weighted by Crippen LogP contribution is -2.13. The second-order valence-electron chi connectivity index (χ2n) is 4.16. The second-order valence-corrected chi connectivity index (χ2v) is 4.54. The molecule has 0 amide bonds. The first-order valence-electron chi connectivity index (χ1n) is 5.31. The first kappa shape index (κ1) is 11.1. The number of hydrogen-bond acceptors (Lipinski definition) is 5. The van der Waals surface area contributed by atoms with E-state index < -0.39 is 17.3 Å². The minimum atomic E-state index is -0.545. The van der Waals surface area contributed by atoms with E-state index in [0.29, 0.717) is 13.1 Å². The summed E-state index contributed by atoms with van der Waals surface area (Å²) in [6.45, 7) is 1.37. The number of phenolic OH excluding ortho intramolecular Hbond substituents is 2. The van der Waals surface area contributed by atoms with Crippen LogP contribution >= 0.6 is 11.6 Å². The van der Waals surface area contributed by atoms with Crippen molar-refractivity contribution in [1.29, 1.82) is 0 Å². The molecule has 92 valence electrons. The lowest BCUT2D eigenvalue weighted by Gasteiger charge is -2.18. The Morgan fingerprint density at radius 3 is 2.00 bits per heavy atom. The van der Waals surface area contributed by atoms with Crippen molar-refractivity contribution in [2.45, 2.75) is 0 Å². The predicted octanol–water partition coefficient (Wildman–Crippen LogP) is 1.51. The van der Waals surface area contributed by atoms with Gasteiger partial charge in [-0.2, -0.15) is 0 Å². The molecule has 0 spiro atoms. The molecule has 0 atom stereocenters. The summed E-state index contributed by atoms with van der Waals surface area (Å²) in [7, 11) is 0. The molecule has 1 aromatic carbocycles. The van der Waals surface area contributed by atoms with Crippen LogP contribution in [0.5, 0.6) is 11.5 Å². The van der Waals surface area contributed by atoms with Gasteiger partial charge in [0.25, 0.3) is 0 Å². The van der Waals surface area contributed by atoms with Gasteiger partial charge in [0.1, 0.15) is 16.5 Å². The highest BCUT2D eigenvalue weighted by atomic mass is 35.5. The van der Waals surface area contributed by atoms with Crippen molar-refractivity contribution in [3.05, 3.63) is 28.3 Å². The Bertz CT molecular complexity index is 632. The highest BCUT2D eigenvalue weighted by Crippen LogP contribution is 2.49. The zero-order chi connectivity index (χ0) is 13.0. The van der Waals surface area contributed by atoms with E-state index >= 15 is 0 Å². The van der Waals surface area contributed by atoms with Crippen LogP contribution in [0.25, 0.3) is 0 Å². The Morgan fingerprint density at radius 2 is 1.50 bits per heavy atom. The minimum absolute atomic E-state index is 0.0970. The largest absolute Gasteiger partial charge is 0.505 e. The van der Waals surface area contributed by atoms with Gasteiger partial charge in [0, 0.05) is 13.1 Å². The van der Waals surface area contributed by atoms with Gasteiger partial charge in [-0.1, -0.05) is 11.6 Å². The summed E-state index contributed by atoms with van der Waals surface area (Å²) in [4.78, 5) is 25.1. The molecule has 0 saturated carbocycles. The average Bonchev–Trinajstić information content (AvgIpc) is 3.13. The molecule has 1 heterocycles. The van der Waals surface area contributed by atoms with Crippen LogP contribution in [0.1, 0.15) is 20.7 Å². The average molecular weight is 266 g/mol. The van der Waals surface area contributed by atoms with Gasteiger partial charge in [0.2, 0.25) is 0 Å². The van der Waals surface area contributed by atoms with Crippen molar-refractivity contribution < 1.29 is 19.8 Å². The fourth-order valence-corrected chi connectivity index (χ4v) is 2.34. The normalized spacial score (nSPS) is 17.1. The molecule has 0 radical (unpaired) electrons. The zero-order valence-corrected chi connectivity index (χ0v) is 9.86. The molecular weight excluding hydrogens is 258 g/mol. The standard InChI is InChI=1S/C12H8ClNO4/c13-9-10(14-3-4-14)12(18)8-6(16)2-1-5(15)7(8)11(9)17/h1-2,17-18H,3-4H2. The molecule has 1 saturated heterocycles. The third kappa shape index (κ3) is 1.34. The number of rotatable bonds is 1. The molecule has 6 heteroatoms. The topological polar surface area (TPSA) is 77.6 Å². The third-order valence-corrected chi connectivity index (χ3v) is 3.36. The Balaban J connectivity index is 2.38. The summed E-state index contributed by atoms with van der Waals surface area (Å²) in [5, 5.41) is 19.9.